The van der Waals surface area contributed by atoms with Gasteiger partial charge in [-0.1, -0.05) is 50.2 Å². The standard InChI is InChI=1S/2C12H13.C2H6Si.ClH.Zr/c2*1-3-10-7-11-6-4-5-9(2)12(11)8-10;1-3-2;;/h2*4-8H,3H2,1-2H3;1-2H3;1H;/q2*-1;;;+3/p-1. The van der Waals surface area contributed by atoms with Crippen molar-refractivity contribution in [2.75, 3.05) is 0 Å². The van der Waals surface area contributed by atoms with E-state index in [1.165, 1.54) is 43.8 Å². The summed E-state index contributed by atoms with van der Waals surface area (Å²) in [6, 6.07) is 22.1. The van der Waals surface area contributed by atoms with E-state index in [9.17, 15) is 0 Å². The van der Waals surface area contributed by atoms with Crippen molar-refractivity contribution in [2.45, 2.75) is 53.6 Å². The van der Waals surface area contributed by atoms with Crippen LogP contribution < -0.4 is 12.4 Å². The fraction of sp³-hybridized carbons (Fsp3) is 0.308. The second kappa shape index (κ2) is 14.1. The number of halogens is 1. The Labute approximate surface area is 205 Å². The van der Waals surface area contributed by atoms with Crippen LogP contribution in [-0.2, 0) is 39.0 Å². The summed E-state index contributed by atoms with van der Waals surface area (Å²) in [5.74, 6) is 0. The average Bonchev–Trinajstić information content (AvgIpc) is 3.28. The maximum Gasteiger partial charge on any atom is 3.00 e. The van der Waals surface area contributed by atoms with Crippen molar-refractivity contribution in [3.8, 4) is 0 Å². The summed E-state index contributed by atoms with van der Waals surface area (Å²) in [5, 5.41) is 5.59. The Morgan fingerprint density at radius 2 is 1.07 bits per heavy atom. The van der Waals surface area contributed by atoms with Crippen LogP contribution in [0.1, 0.15) is 36.1 Å². The number of aryl methyl sites for hydroxylation is 4. The Balaban J connectivity index is 0.000000450. The molecule has 0 spiro atoms. The molecule has 0 fully saturated rings. The molecule has 0 heterocycles. The van der Waals surface area contributed by atoms with Gasteiger partial charge in [0.05, 0.1) is 0 Å². The molecule has 0 amide bonds. The quantitative estimate of drug-likeness (QED) is 0.279. The molecule has 29 heavy (non-hydrogen) atoms. The molecule has 0 saturated heterocycles. The van der Waals surface area contributed by atoms with Crippen molar-refractivity contribution < 1.29 is 38.6 Å². The van der Waals surface area contributed by atoms with Crippen LogP contribution >= 0.6 is 0 Å². The first-order chi connectivity index (χ1) is 13.0. The van der Waals surface area contributed by atoms with Crippen LogP contribution in [0.25, 0.3) is 21.5 Å². The van der Waals surface area contributed by atoms with E-state index in [2.05, 4.69) is 101 Å². The zero-order valence-corrected chi connectivity index (χ0v) is 22.8. The number of rotatable bonds is 2. The van der Waals surface area contributed by atoms with E-state index in [4.69, 9.17) is 0 Å². The Morgan fingerprint density at radius 1 is 0.724 bits per heavy atom. The van der Waals surface area contributed by atoms with Crippen molar-refractivity contribution in [1.82, 2.24) is 0 Å². The zero-order valence-electron chi connectivity index (χ0n) is 18.6. The zero-order chi connectivity index (χ0) is 19.8. The van der Waals surface area contributed by atoms with Gasteiger partial charge in [-0.3, -0.25) is 0 Å². The Hall–Kier alpha value is -0.950. The summed E-state index contributed by atoms with van der Waals surface area (Å²) in [7, 11) is 1.08. The third-order valence-electron chi connectivity index (χ3n) is 4.87. The number of benzene rings is 2. The van der Waals surface area contributed by atoms with Gasteiger partial charge in [0.1, 0.15) is 0 Å². The SMILES string of the molecule is CCc1cc2c(C)cccc2[cH-]1.CCc1cc2c(C)cccc2[cH-]1.C[Si]C.[Cl-].[Zr+3]. The molecule has 0 aliphatic heterocycles. The average molecular weight is 499 g/mol. The van der Waals surface area contributed by atoms with Crippen LogP contribution in [0.2, 0.25) is 13.1 Å². The van der Waals surface area contributed by atoms with Crippen molar-refractivity contribution in [3.05, 3.63) is 82.9 Å². The topological polar surface area (TPSA) is 0 Å². The minimum absolute atomic E-state index is 0. The first-order valence-electron chi connectivity index (χ1n) is 9.92. The summed E-state index contributed by atoms with van der Waals surface area (Å²) in [5.41, 5.74) is 5.65. The molecule has 0 unspecified atom stereocenters. The summed E-state index contributed by atoms with van der Waals surface area (Å²) < 4.78 is 0. The minimum atomic E-state index is 0. The van der Waals surface area contributed by atoms with Gasteiger partial charge in [-0.15, -0.1) is 69.1 Å². The van der Waals surface area contributed by atoms with Crippen LogP contribution in [0.4, 0.5) is 0 Å². The van der Waals surface area contributed by atoms with Gasteiger partial charge < -0.3 is 12.4 Å². The molecule has 3 radical (unpaired) electrons. The normalized spacial score (nSPS) is 9.59. The number of fused-ring (bicyclic) bond motifs is 2. The minimum Gasteiger partial charge on any atom is -1.00 e. The predicted octanol–water partition coefficient (Wildman–Crippen LogP) is 4.65. The monoisotopic (exact) mass is 497 g/mol. The number of hydrogen-bond donors (Lipinski definition) is 0. The molecular weight excluding hydrogens is 467 g/mol. The Bertz CT molecular complexity index is 901. The molecule has 4 aromatic carbocycles. The first kappa shape index (κ1) is 28.1. The summed E-state index contributed by atoms with van der Waals surface area (Å²) in [4.78, 5) is 0. The molecular formula is C26H32ClSiZr. The molecule has 0 bridgehead atoms. The van der Waals surface area contributed by atoms with Gasteiger partial charge in [-0.25, -0.2) is 0 Å². The van der Waals surface area contributed by atoms with Crippen LogP contribution in [0.5, 0.6) is 0 Å². The third-order valence-corrected chi connectivity index (χ3v) is 4.87. The molecule has 0 N–H and O–H groups in total. The van der Waals surface area contributed by atoms with Crippen LogP contribution in [0.15, 0.2) is 60.7 Å². The van der Waals surface area contributed by atoms with Gasteiger partial charge >= 0.3 is 26.2 Å². The van der Waals surface area contributed by atoms with E-state index in [0.717, 1.165) is 22.4 Å². The van der Waals surface area contributed by atoms with Crippen molar-refractivity contribution in [1.29, 1.82) is 0 Å². The summed E-state index contributed by atoms with van der Waals surface area (Å²) in [6.07, 6.45) is 2.27. The summed E-state index contributed by atoms with van der Waals surface area (Å²) >= 11 is 0. The van der Waals surface area contributed by atoms with Gasteiger partial charge in [-0.05, 0) is 26.7 Å². The maximum atomic E-state index is 2.30. The maximum absolute atomic E-state index is 2.30. The van der Waals surface area contributed by atoms with E-state index < -0.39 is 0 Å². The molecule has 0 nitrogen and oxygen atoms in total. The fourth-order valence-corrected chi connectivity index (χ4v) is 3.31. The largest absolute Gasteiger partial charge is 3.00 e. The molecule has 4 rings (SSSR count). The smallest absolute Gasteiger partial charge is 1.00 e. The number of hydrogen-bond acceptors (Lipinski definition) is 0. The van der Waals surface area contributed by atoms with Gasteiger partial charge in [0.15, 0.2) is 0 Å². The molecule has 4 aromatic rings. The van der Waals surface area contributed by atoms with E-state index >= 15 is 0 Å². The van der Waals surface area contributed by atoms with E-state index in [1.54, 1.807) is 0 Å². The van der Waals surface area contributed by atoms with E-state index in [-0.39, 0.29) is 38.6 Å². The third kappa shape index (κ3) is 7.67. The predicted molar refractivity (Wildman–Crippen MR) is 125 cm³/mol. The second-order valence-electron chi connectivity index (χ2n) is 7.09. The molecule has 0 aliphatic carbocycles. The van der Waals surface area contributed by atoms with Crippen molar-refractivity contribution in [2.24, 2.45) is 0 Å². The van der Waals surface area contributed by atoms with Crippen molar-refractivity contribution >= 4 is 31.1 Å². The first-order valence-corrected chi connectivity index (χ1v) is 11.9. The molecule has 0 aliphatic rings. The van der Waals surface area contributed by atoms with Crippen LogP contribution in [0, 0.1) is 13.8 Å². The van der Waals surface area contributed by atoms with Gasteiger partial charge in [0, 0.05) is 9.52 Å². The molecule has 0 saturated carbocycles. The fourth-order valence-electron chi connectivity index (χ4n) is 3.31. The Morgan fingerprint density at radius 3 is 1.34 bits per heavy atom. The van der Waals surface area contributed by atoms with E-state index in [1.807, 2.05) is 0 Å². The molecule has 0 aromatic heterocycles. The summed E-state index contributed by atoms with van der Waals surface area (Å²) in [6.45, 7) is 13.0. The van der Waals surface area contributed by atoms with Gasteiger partial charge in [0.25, 0.3) is 0 Å². The Kier molecular flexibility index (Phi) is 13.7. The molecule has 0 atom stereocenters. The van der Waals surface area contributed by atoms with Crippen LogP contribution in [-0.4, -0.2) is 9.52 Å². The van der Waals surface area contributed by atoms with Gasteiger partial charge in [0.2, 0.25) is 0 Å². The second-order valence-corrected chi connectivity index (χ2v) is 8.09. The van der Waals surface area contributed by atoms with E-state index in [0.29, 0.717) is 0 Å². The molecule has 3 heteroatoms. The van der Waals surface area contributed by atoms with Crippen molar-refractivity contribution in [3.63, 3.8) is 0 Å². The van der Waals surface area contributed by atoms with Gasteiger partial charge in [-0.2, -0.15) is 12.1 Å². The molecule has 151 valence electrons. The van der Waals surface area contributed by atoms with Crippen LogP contribution in [0.3, 0.4) is 0 Å².